The normalized spacial score (nSPS) is 11.5. The van der Waals surface area contributed by atoms with Gasteiger partial charge in [0, 0.05) is 6.08 Å². The Kier molecular flexibility index (Phi) is 4.61. The highest BCUT2D eigenvalue weighted by Gasteiger charge is 2.16. The van der Waals surface area contributed by atoms with Crippen LogP contribution in [0.4, 0.5) is 0 Å². The molecule has 0 aliphatic carbocycles. The first-order valence-electron chi connectivity index (χ1n) is 7.70. The average molecular weight is 322 g/mol. The topological polar surface area (TPSA) is 64.2 Å². The van der Waals surface area contributed by atoms with E-state index in [4.69, 9.17) is 9.47 Å². The van der Waals surface area contributed by atoms with Crippen LogP contribution in [-0.2, 0) is 9.53 Å². The monoisotopic (exact) mass is 322 g/mol. The number of carbonyl (C=O) groups is 1. The first-order valence-corrected chi connectivity index (χ1v) is 7.70. The van der Waals surface area contributed by atoms with Gasteiger partial charge in [-0.2, -0.15) is 0 Å². The minimum absolute atomic E-state index is 0.330. The number of hydrogen-bond acceptors (Lipinski definition) is 4. The minimum Gasteiger partial charge on any atom is -0.479 e. The summed E-state index contributed by atoms with van der Waals surface area (Å²) in [5.74, 6) is 0.113. The molecule has 0 unspecified atom stereocenters. The summed E-state index contributed by atoms with van der Waals surface area (Å²) in [5.41, 5.74) is 3.38. The van der Waals surface area contributed by atoms with Crippen LogP contribution < -0.4 is 4.74 Å². The molecule has 0 amide bonds. The van der Waals surface area contributed by atoms with Gasteiger partial charge in [-0.25, -0.2) is 4.79 Å². The summed E-state index contributed by atoms with van der Waals surface area (Å²) in [7, 11) is 1.57. The molecule has 0 radical (unpaired) electrons. The molecule has 1 aromatic heterocycles. The van der Waals surface area contributed by atoms with Gasteiger partial charge in [-0.05, 0) is 29.7 Å². The number of hydrogen-bond donors (Lipinski definition) is 1. The van der Waals surface area contributed by atoms with E-state index in [1.807, 2.05) is 48.5 Å². The van der Waals surface area contributed by atoms with Gasteiger partial charge in [0.1, 0.15) is 0 Å². The second kappa shape index (κ2) is 7.00. The van der Waals surface area contributed by atoms with Gasteiger partial charge in [-0.1, -0.05) is 42.5 Å². The number of nitrogens with zero attached hydrogens (tertiary/aromatic N) is 1. The predicted molar refractivity (Wildman–Crippen MR) is 92.8 cm³/mol. The van der Waals surface area contributed by atoms with Crippen LogP contribution in [0.25, 0.3) is 16.5 Å². The lowest BCUT2D eigenvalue weighted by molar-refractivity contribution is -0.137. The lowest BCUT2D eigenvalue weighted by atomic mass is 9.95. The fraction of sp³-hybridized carbons (Fsp3) is 0.158. The lowest BCUT2D eigenvalue weighted by Crippen LogP contribution is -2.02. The SMILES string of the molecule is CCOC(=O)C=C(c1ccccc1)c1cccc2[nH]nc(OC)c12. The molecule has 0 aliphatic heterocycles. The van der Waals surface area contributed by atoms with Gasteiger partial charge >= 0.3 is 5.97 Å². The Morgan fingerprint density at radius 3 is 2.67 bits per heavy atom. The number of benzene rings is 2. The molecule has 5 nitrogen and oxygen atoms in total. The van der Waals surface area contributed by atoms with Crippen molar-refractivity contribution in [2.24, 2.45) is 0 Å². The molecule has 0 saturated heterocycles. The maximum atomic E-state index is 12.1. The standard InChI is InChI=1S/C19H18N2O3/c1-3-24-17(22)12-15(13-8-5-4-6-9-13)14-10-7-11-16-18(14)19(23-2)21-20-16/h4-12H,3H2,1-2H3,(H,20,21). The van der Waals surface area contributed by atoms with Gasteiger partial charge in [0.05, 0.1) is 24.6 Å². The van der Waals surface area contributed by atoms with Gasteiger partial charge in [0.25, 0.3) is 0 Å². The Labute approximate surface area is 139 Å². The van der Waals surface area contributed by atoms with Gasteiger partial charge in [-0.15, -0.1) is 5.10 Å². The highest BCUT2D eigenvalue weighted by Crippen LogP contribution is 2.34. The Morgan fingerprint density at radius 2 is 1.96 bits per heavy atom. The Bertz CT molecular complexity index is 882. The first kappa shape index (κ1) is 15.8. The Morgan fingerprint density at radius 1 is 1.17 bits per heavy atom. The van der Waals surface area contributed by atoms with E-state index in [0.29, 0.717) is 12.5 Å². The Hall–Kier alpha value is -3.08. The van der Waals surface area contributed by atoms with Crippen molar-refractivity contribution in [1.82, 2.24) is 10.2 Å². The van der Waals surface area contributed by atoms with Gasteiger partial charge < -0.3 is 9.47 Å². The van der Waals surface area contributed by atoms with E-state index in [-0.39, 0.29) is 5.97 Å². The van der Waals surface area contributed by atoms with Gasteiger partial charge in [0.2, 0.25) is 5.88 Å². The van der Waals surface area contributed by atoms with Crippen LogP contribution >= 0.6 is 0 Å². The lowest BCUT2D eigenvalue weighted by Gasteiger charge is -2.10. The number of aromatic nitrogens is 2. The van der Waals surface area contributed by atoms with Crippen LogP contribution in [0, 0.1) is 0 Å². The van der Waals surface area contributed by atoms with E-state index >= 15 is 0 Å². The van der Waals surface area contributed by atoms with Crippen molar-refractivity contribution in [3.8, 4) is 5.88 Å². The fourth-order valence-corrected chi connectivity index (χ4v) is 2.65. The van der Waals surface area contributed by atoms with Crippen LogP contribution in [0.5, 0.6) is 5.88 Å². The third-order valence-electron chi connectivity index (χ3n) is 3.67. The van der Waals surface area contributed by atoms with Crippen LogP contribution in [0.15, 0.2) is 54.6 Å². The summed E-state index contributed by atoms with van der Waals surface area (Å²) in [6, 6.07) is 15.5. The van der Waals surface area contributed by atoms with Crippen molar-refractivity contribution in [3.05, 3.63) is 65.7 Å². The number of carbonyl (C=O) groups excluding carboxylic acids is 1. The summed E-state index contributed by atoms with van der Waals surface area (Å²) >= 11 is 0. The molecule has 0 spiro atoms. The molecule has 0 fully saturated rings. The van der Waals surface area contributed by atoms with E-state index in [1.54, 1.807) is 14.0 Å². The van der Waals surface area contributed by atoms with Gasteiger partial charge in [0.15, 0.2) is 0 Å². The molecule has 2 aromatic carbocycles. The predicted octanol–water partition coefficient (Wildman–Crippen LogP) is 3.57. The van der Waals surface area contributed by atoms with Crippen molar-refractivity contribution in [2.75, 3.05) is 13.7 Å². The highest BCUT2D eigenvalue weighted by molar-refractivity contribution is 6.04. The summed E-state index contributed by atoms with van der Waals surface area (Å²) in [6.07, 6.45) is 1.51. The van der Waals surface area contributed by atoms with Crippen LogP contribution in [-0.4, -0.2) is 29.9 Å². The molecule has 0 bridgehead atoms. The molecule has 0 saturated carbocycles. The van der Waals surface area contributed by atoms with E-state index < -0.39 is 0 Å². The number of ether oxygens (including phenoxy) is 2. The summed E-state index contributed by atoms with van der Waals surface area (Å²) in [5, 5.41) is 7.95. The highest BCUT2D eigenvalue weighted by atomic mass is 16.5. The zero-order chi connectivity index (χ0) is 16.9. The number of aromatic amines is 1. The quantitative estimate of drug-likeness (QED) is 0.576. The van der Waals surface area contributed by atoms with Crippen molar-refractivity contribution < 1.29 is 14.3 Å². The maximum Gasteiger partial charge on any atom is 0.331 e. The van der Waals surface area contributed by atoms with Crippen LogP contribution in [0.3, 0.4) is 0 Å². The molecular weight excluding hydrogens is 304 g/mol. The van der Waals surface area contributed by atoms with E-state index in [9.17, 15) is 4.79 Å². The molecule has 1 heterocycles. The van der Waals surface area contributed by atoms with E-state index in [0.717, 1.165) is 27.6 Å². The van der Waals surface area contributed by atoms with E-state index in [1.165, 1.54) is 6.08 Å². The second-order valence-electron chi connectivity index (χ2n) is 5.14. The number of rotatable bonds is 5. The van der Waals surface area contributed by atoms with Gasteiger partial charge in [-0.3, -0.25) is 5.10 Å². The van der Waals surface area contributed by atoms with Crippen molar-refractivity contribution >= 4 is 22.4 Å². The summed E-state index contributed by atoms with van der Waals surface area (Å²) in [6.45, 7) is 2.12. The molecule has 3 aromatic rings. The largest absolute Gasteiger partial charge is 0.479 e. The molecule has 3 rings (SSSR count). The minimum atomic E-state index is -0.379. The maximum absolute atomic E-state index is 12.1. The van der Waals surface area contributed by atoms with E-state index in [2.05, 4.69) is 10.2 Å². The molecule has 1 N–H and O–H groups in total. The van der Waals surface area contributed by atoms with Crippen LogP contribution in [0.1, 0.15) is 18.1 Å². The average Bonchev–Trinajstić information content (AvgIpc) is 3.04. The third kappa shape index (κ3) is 3.01. The zero-order valence-corrected chi connectivity index (χ0v) is 13.6. The fourth-order valence-electron chi connectivity index (χ4n) is 2.65. The number of nitrogens with one attached hydrogen (secondary N) is 1. The molecule has 122 valence electrons. The number of esters is 1. The second-order valence-corrected chi connectivity index (χ2v) is 5.14. The number of fused-ring (bicyclic) bond motifs is 1. The first-order chi connectivity index (χ1) is 11.7. The molecule has 5 heteroatoms. The third-order valence-corrected chi connectivity index (χ3v) is 3.67. The molecule has 24 heavy (non-hydrogen) atoms. The smallest absolute Gasteiger partial charge is 0.331 e. The van der Waals surface area contributed by atoms with Crippen molar-refractivity contribution in [1.29, 1.82) is 0 Å². The number of H-pyrrole nitrogens is 1. The number of methoxy groups -OCH3 is 1. The summed E-state index contributed by atoms with van der Waals surface area (Å²) < 4.78 is 10.5. The van der Waals surface area contributed by atoms with Crippen molar-refractivity contribution in [2.45, 2.75) is 6.92 Å². The van der Waals surface area contributed by atoms with Crippen LogP contribution in [0.2, 0.25) is 0 Å². The zero-order valence-electron chi connectivity index (χ0n) is 13.6. The molecule has 0 atom stereocenters. The summed E-state index contributed by atoms with van der Waals surface area (Å²) in [4.78, 5) is 12.1. The van der Waals surface area contributed by atoms with Crippen molar-refractivity contribution in [3.63, 3.8) is 0 Å². The molecular formula is C19H18N2O3. The Balaban J connectivity index is 2.23. The molecule has 0 aliphatic rings.